The van der Waals surface area contributed by atoms with Gasteiger partial charge in [0.15, 0.2) is 0 Å². The lowest BCUT2D eigenvalue weighted by molar-refractivity contribution is 0.947. The number of aromatic nitrogens is 3. The van der Waals surface area contributed by atoms with Gasteiger partial charge in [0.05, 0.1) is 11.3 Å². The molecule has 0 unspecified atom stereocenters. The maximum atomic E-state index is 11.9. The molecule has 5 nitrogen and oxygen atoms in total. The molecule has 0 saturated carbocycles. The van der Waals surface area contributed by atoms with Crippen molar-refractivity contribution >= 4 is 11.0 Å². The van der Waals surface area contributed by atoms with Crippen molar-refractivity contribution in [2.24, 2.45) is 7.05 Å². The molecule has 3 heterocycles. The molecular weight excluding hydrogens is 276 g/mol. The summed E-state index contributed by atoms with van der Waals surface area (Å²) < 4.78 is 1.83. The molecule has 0 aliphatic heterocycles. The maximum absolute atomic E-state index is 11.9. The van der Waals surface area contributed by atoms with Gasteiger partial charge in [-0.25, -0.2) is 4.98 Å². The van der Waals surface area contributed by atoms with Gasteiger partial charge in [-0.05, 0) is 31.0 Å². The summed E-state index contributed by atoms with van der Waals surface area (Å²) in [5, 5.41) is 10.0. The molecule has 0 aliphatic carbocycles. The van der Waals surface area contributed by atoms with E-state index in [2.05, 4.69) is 16.0 Å². The fraction of sp³-hybridized carbons (Fsp3) is 0.235. The number of nitrogens with one attached hydrogen (secondary N) is 1. The minimum absolute atomic E-state index is 0.0964. The van der Waals surface area contributed by atoms with Gasteiger partial charge in [-0.3, -0.25) is 4.79 Å². The van der Waals surface area contributed by atoms with Crippen molar-refractivity contribution in [3.63, 3.8) is 0 Å². The summed E-state index contributed by atoms with van der Waals surface area (Å²) in [5.74, 6) is 0. The van der Waals surface area contributed by atoms with Gasteiger partial charge in [0.1, 0.15) is 11.7 Å². The van der Waals surface area contributed by atoms with Gasteiger partial charge >= 0.3 is 0 Å². The fourth-order valence-electron chi connectivity index (χ4n) is 2.71. The van der Waals surface area contributed by atoms with E-state index >= 15 is 0 Å². The summed E-state index contributed by atoms with van der Waals surface area (Å²) in [6.45, 7) is 3.85. The summed E-state index contributed by atoms with van der Waals surface area (Å²) in [6, 6.07) is 6.01. The molecule has 0 amide bonds. The fourth-order valence-corrected chi connectivity index (χ4v) is 2.71. The normalized spacial score (nSPS) is 10.8. The summed E-state index contributed by atoms with van der Waals surface area (Å²) in [4.78, 5) is 19.3. The molecule has 0 saturated heterocycles. The molecule has 1 N–H and O–H groups in total. The highest BCUT2D eigenvalue weighted by molar-refractivity contribution is 5.87. The van der Waals surface area contributed by atoms with Crippen LogP contribution in [-0.4, -0.2) is 14.5 Å². The Bertz CT molecular complexity index is 973. The van der Waals surface area contributed by atoms with E-state index in [0.717, 1.165) is 34.3 Å². The van der Waals surface area contributed by atoms with Crippen LogP contribution in [0.2, 0.25) is 0 Å². The van der Waals surface area contributed by atoms with Gasteiger partial charge in [-0.1, -0.05) is 6.92 Å². The second kappa shape index (κ2) is 5.15. The quantitative estimate of drug-likeness (QED) is 0.789. The Morgan fingerprint density at radius 1 is 1.41 bits per heavy atom. The third-order valence-corrected chi connectivity index (χ3v) is 3.91. The van der Waals surface area contributed by atoms with E-state index in [1.807, 2.05) is 30.7 Å². The van der Waals surface area contributed by atoms with E-state index in [1.54, 1.807) is 19.3 Å². The van der Waals surface area contributed by atoms with Gasteiger partial charge in [0.25, 0.3) is 5.56 Å². The van der Waals surface area contributed by atoms with Gasteiger partial charge in [0, 0.05) is 36.0 Å². The van der Waals surface area contributed by atoms with Crippen LogP contribution < -0.4 is 5.56 Å². The highest BCUT2D eigenvalue weighted by Crippen LogP contribution is 2.26. The largest absolute Gasteiger partial charge is 0.334 e. The molecule has 0 aromatic carbocycles. The SMILES string of the molecule is CCc1cc(C)c(=O)[nH]c1-c1cnc2c(c1)c(C#N)cn2C. The van der Waals surface area contributed by atoms with E-state index in [1.165, 1.54) is 0 Å². The number of fused-ring (bicyclic) bond motifs is 1. The number of hydrogen-bond donors (Lipinski definition) is 1. The Balaban J connectivity index is 2.30. The average Bonchev–Trinajstić information content (AvgIpc) is 2.85. The summed E-state index contributed by atoms with van der Waals surface area (Å²) >= 11 is 0. The Morgan fingerprint density at radius 3 is 2.86 bits per heavy atom. The van der Waals surface area contributed by atoms with Gasteiger partial charge in [0.2, 0.25) is 0 Å². The van der Waals surface area contributed by atoms with Crippen LogP contribution in [-0.2, 0) is 13.5 Å². The Labute approximate surface area is 127 Å². The highest BCUT2D eigenvalue weighted by Gasteiger charge is 2.12. The zero-order valence-corrected chi connectivity index (χ0v) is 12.8. The topological polar surface area (TPSA) is 74.5 Å². The van der Waals surface area contributed by atoms with E-state index in [4.69, 9.17) is 0 Å². The lowest BCUT2D eigenvalue weighted by Gasteiger charge is -2.09. The first-order valence-electron chi connectivity index (χ1n) is 7.13. The van der Waals surface area contributed by atoms with Crippen molar-refractivity contribution < 1.29 is 0 Å². The molecule has 22 heavy (non-hydrogen) atoms. The van der Waals surface area contributed by atoms with Crippen molar-refractivity contribution in [3.05, 3.63) is 51.6 Å². The van der Waals surface area contributed by atoms with E-state index in [0.29, 0.717) is 11.1 Å². The predicted molar refractivity (Wildman–Crippen MR) is 85.6 cm³/mol. The van der Waals surface area contributed by atoms with Crippen LogP contribution in [0.5, 0.6) is 0 Å². The second-order valence-electron chi connectivity index (χ2n) is 5.40. The van der Waals surface area contributed by atoms with Gasteiger partial charge in [-0.2, -0.15) is 5.26 Å². The van der Waals surface area contributed by atoms with E-state index < -0.39 is 0 Å². The Morgan fingerprint density at radius 2 is 2.18 bits per heavy atom. The number of nitriles is 1. The minimum atomic E-state index is -0.0964. The van der Waals surface area contributed by atoms with E-state index in [-0.39, 0.29) is 5.56 Å². The van der Waals surface area contributed by atoms with Gasteiger partial charge < -0.3 is 9.55 Å². The smallest absolute Gasteiger partial charge is 0.251 e. The zero-order valence-electron chi connectivity index (χ0n) is 12.8. The monoisotopic (exact) mass is 292 g/mol. The predicted octanol–water partition coefficient (Wildman–Crippen LogP) is 2.67. The van der Waals surface area contributed by atoms with Crippen molar-refractivity contribution in [2.75, 3.05) is 0 Å². The first-order valence-corrected chi connectivity index (χ1v) is 7.13. The van der Waals surface area contributed by atoms with Crippen LogP contribution in [0.4, 0.5) is 0 Å². The van der Waals surface area contributed by atoms with Crippen LogP contribution in [0.25, 0.3) is 22.3 Å². The molecule has 0 radical (unpaired) electrons. The first-order chi connectivity index (χ1) is 10.5. The summed E-state index contributed by atoms with van der Waals surface area (Å²) in [7, 11) is 1.86. The first kappa shape index (κ1) is 14.1. The molecule has 0 aliphatic rings. The molecule has 0 spiro atoms. The Kier molecular flexibility index (Phi) is 3.30. The molecule has 5 heteroatoms. The standard InChI is InChI=1S/C17H16N4O/c1-4-11-5-10(2)17(22)20-15(11)12-6-14-13(7-18)9-21(3)16(14)19-8-12/h5-6,8-9H,4H2,1-3H3,(H,20,22). The number of nitrogens with zero attached hydrogens (tertiary/aromatic N) is 3. The summed E-state index contributed by atoms with van der Waals surface area (Å²) in [5.41, 5.74) is 4.61. The molecule has 3 aromatic rings. The molecule has 0 bridgehead atoms. The number of hydrogen-bond acceptors (Lipinski definition) is 3. The van der Waals surface area contributed by atoms with Crippen LogP contribution in [0.15, 0.2) is 29.3 Å². The third kappa shape index (κ3) is 2.09. The lowest BCUT2D eigenvalue weighted by atomic mass is 10.0. The molecule has 3 rings (SSSR count). The van der Waals surface area contributed by atoms with Crippen LogP contribution in [0.3, 0.4) is 0 Å². The lowest BCUT2D eigenvalue weighted by Crippen LogP contribution is -2.12. The van der Waals surface area contributed by atoms with Crippen molar-refractivity contribution in [3.8, 4) is 17.3 Å². The molecule has 0 atom stereocenters. The Hall–Kier alpha value is -2.87. The van der Waals surface area contributed by atoms with Crippen LogP contribution in [0, 0.1) is 18.3 Å². The number of H-pyrrole nitrogens is 1. The van der Waals surface area contributed by atoms with Crippen molar-refractivity contribution in [1.29, 1.82) is 5.26 Å². The molecule has 0 fully saturated rings. The highest BCUT2D eigenvalue weighted by atomic mass is 16.1. The number of aromatic amines is 1. The van der Waals surface area contributed by atoms with Crippen LogP contribution in [0.1, 0.15) is 23.6 Å². The third-order valence-electron chi connectivity index (χ3n) is 3.91. The molecule has 3 aromatic heterocycles. The summed E-state index contributed by atoms with van der Waals surface area (Å²) in [6.07, 6.45) is 4.31. The second-order valence-corrected chi connectivity index (χ2v) is 5.40. The van der Waals surface area contributed by atoms with Gasteiger partial charge in [-0.15, -0.1) is 0 Å². The maximum Gasteiger partial charge on any atom is 0.251 e. The average molecular weight is 292 g/mol. The van der Waals surface area contributed by atoms with Crippen molar-refractivity contribution in [2.45, 2.75) is 20.3 Å². The number of aryl methyl sites for hydroxylation is 3. The minimum Gasteiger partial charge on any atom is -0.334 e. The molecule has 110 valence electrons. The number of rotatable bonds is 2. The molecular formula is C17H16N4O. The van der Waals surface area contributed by atoms with Crippen molar-refractivity contribution in [1.82, 2.24) is 14.5 Å². The number of pyridine rings is 2. The van der Waals surface area contributed by atoms with E-state index in [9.17, 15) is 10.1 Å². The van der Waals surface area contributed by atoms with Crippen LogP contribution >= 0.6 is 0 Å². The zero-order chi connectivity index (χ0) is 15.9.